The van der Waals surface area contributed by atoms with Gasteiger partial charge in [0.25, 0.3) is 0 Å². The molecular formula is C9H9BrClN. The third-order valence-electron chi connectivity index (χ3n) is 2.32. The van der Waals surface area contributed by atoms with Crippen LogP contribution in [0.4, 0.5) is 0 Å². The average Bonchev–Trinajstić information content (AvgIpc) is 2.42. The first kappa shape index (κ1) is 8.54. The number of halogens is 2. The monoisotopic (exact) mass is 245 g/mol. The van der Waals surface area contributed by atoms with Crippen LogP contribution < -0.4 is 5.73 Å². The zero-order valence-electron chi connectivity index (χ0n) is 6.48. The molecule has 64 valence electrons. The Morgan fingerprint density at radius 2 is 2.25 bits per heavy atom. The zero-order chi connectivity index (χ0) is 8.72. The summed E-state index contributed by atoms with van der Waals surface area (Å²) in [6.45, 7) is 0. The molecule has 3 heteroatoms. The van der Waals surface area contributed by atoms with E-state index in [1.165, 1.54) is 11.1 Å². The van der Waals surface area contributed by atoms with Gasteiger partial charge in [-0.2, -0.15) is 0 Å². The molecule has 1 aliphatic rings. The van der Waals surface area contributed by atoms with Gasteiger partial charge in [-0.1, -0.05) is 27.5 Å². The second-order valence-corrected chi connectivity index (χ2v) is 4.33. The minimum absolute atomic E-state index is 0.160. The molecule has 0 saturated heterocycles. The highest BCUT2D eigenvalue weighted by atomic mass is 79.9. The standard InChI is InChI=1S/C9H9BrClN/c10-6-2-3-7(11)5-1-4-8(12)9(5)6/h2-3,8H,1,4,12H2/t8-/m1/s1. The van der Waals surface area contributed by atoms with E-state index in [0.717, 1.165) is 22.3 Å². The van der Waals surface area contributed by atoms with Gasteiger partial charge in [-0.3, -0.25) is 0 Å². The fourth-order valence-electron chi connectivity index (χ4n) is 1.71. The van der Waals surface area contributed by atoms with Crippen molar-refractivity contribution in [2.75, 3.05) is 0 Å². The van der Waals surface area contributed by atoms with E-state index in [1.54, 1.807) is 0 Å². The minimum atomic E-state index is 0.160. The molecule has 1 aromatic carbocycles. The van der Waals surface area contributed by atoms with E-state index >= 15 is 0 Å². The summed E-state index contributed by atoms with van der Waals surface area (Å²) in [6, 6.07) is 4.04. The number of rotatable bonds is 0. The Labute approximate surface area is 85.0 Å². The van der Waals surface area contributed by atoms with Crippen LogP contribution in [0.25, 0.3) is 0 Å². The van der Waals surface area contributed by atoms with Crippen LogP contribution in [0.2, 0.25) is 5.02 Å². The number of nitrogens with two attached hydrogens (primary N) is 1. The molecule has 1 aromatic rings. The van der Waals surface area contributed by atoms with Gasteiger partial charge in [0.1, 0.15) is 0 Å². The van der Waals surface area contributed by atoms with Gasteiger partial charge in [0.05, 0.1) is 0 Å². The highest BCUT2D eigenvalue weighted by Gasteiger charge is 2.23. The number of hydrogen-bond donors (Lipinski definition) is 1. The topological polar surface area (TPSA) is 26.0 Å². The van der Waals surface area contributed by atoms with Crippen LogP contribution in [0, 0.1) is 0 Å². The molecule has 1 atom stereocenters. The van der Waals surface area contributed by atoms with Crippen molar-refractivity contribution in [3.8, 4) is 0 Å². The second kappa shape index (κ2) is 3.02. The molecule has 1 nitrogen and oxygen atoms in total. The van der Waals surface area contributed by atoms with Crippen molar-refractivity contribution in [1.29, 1.82) is 0 Å². The molecule has 0 radical (unpaired) electrons. The van der Waals surface area contributed by atoms with Gasteiger partial charge < -0.3 is 5.73 Å². The molecule has 12 heavy (non-hydrogen) atoms. The SMILES string of the molecule is N[C@@H]1CCc2c(Cl)ccc(Br)c21. The molecule has 0 aliphatic heterocycles. The molecule has 2 N–H and O–H groups in total. The quantitative estimate of drug-likeness (QED) is 0.748. The predicted octanol–water partition coefficient (Wildman–Crippen LogP) is 3.05. The Hall–Kier alpha value is -0.0500. The Morgan fingerprint density at radius 3 is 2.92 bits per heavy atom. The molecule has 1 aliphatic carbocycles. The highest BCUT2D eigenvalue weighted by Crippen LogP contribution is 2.38. The molecule has 2 rings (SSSR count). The smallest absolute Gasteiger partial charge is 0.0442 e. The van der Waals surface area contributed by atoms with Crippen molar-refractivity contribution < 1.29 is 0 Å². The van der Waals surface area contributed by atoms with Gasteiger partial charge in [-0.15, -0.1) is 0 Å². The molecule has 0 bridgehead atoms. The summed E-state index contributed by atoms with van der Waals surface area (Å²) in [7, 11) is 0. The third kappa shape index (κ3) is 1.18. The zero-order valence-corrected chi connectivity index (χ0v) is 8.82. The van der Waals surface area contributed by atoms with Gasteiger partial charge in [-0.25, -0.2) is 0 Å². The molecule has 0 spiro atoms. The maximum Gasteiger partial charge on any atom is 0.0442 e. The first-order valence-corrected chi connectivity index (χ1v) is 5.09. The molecule has 0 amide bonds. The Bertz CT molecular complexity index is 325. The van der Waals surface area contributed by atoms with Gasteiger partial charge in [0, 0.05) is 15.5 Å². The summed E-state index contributed by atoms with van der Waals surface area (Å²) in [5.74, 6) is 0. The number of benzene rings is 1. The fourth-order valence-corrected chi connectivity index (χ4v) is 2.63. The van der Waals surface area contributed by atoms with Crippen molar-refractivity contribution in [2.24, 2.45) is 5.73 Å². The van der Waals surface area contributed by atoms with Gasteiger partial charge in [0.15, 0.2) is 0 Å². The highest BCUT2D eigenvalue weighted by molar-refractivity contribution is 9.10. The van der Waals surface area contributed by atoms with Crippen molar-refractivity contribution in [2.45, 2.75) is 18.9 Å². The number of hydrogen-bond acceptors (Lipinski definition) is 1. The van der Waals surface area contributed by atoms with E-state index in [0.29, 0.717) is 0 Å². The molecule has 0 unspecified atom stereocenters. The summed E-state index contributed by atoms with van der Waals surface area (Å²) in [5.41, 5.74) is 8.35. The van der Waals surface area contributed by atoms with Crippen molar-refractivity contribution in [1.82, 2.24) is 0 Å². The molecule has 0 saturated carbocycles. The molecule has 0 fully saturated rings. The fraction of sp³-hybridized carbons (Fsp3) is 0.333. The van der Waals surface area contributed by atoms with E-state index < -0.39 is 0 Å². The lowest BCUT2D eigenvalue weighted by molar-refractivity contribution is 0.711. The first-order valence-electron chi connectivity index (χ1n) is 3.92. The lowest BCUT2D eigenvalue weighted by atomic mass is 10.1. The van der Waals surface area contributed by atoms with E-state index in [9.17, 15) is 0 Å². The van der Waals surface area contributed by atoms with Gasteiger partial charge in [0.2, 0.25) is 0 Å². The Morgan fingerprint density at radius 1 is 1.50 bits per heavy atom. The van der Waals surface area contributed by atoms with Crippen molar-refractivity contribution in [3.05, 3.63) is 32.8 Å². The van der Waals surface area contributed by atoms with E-state index in [2.05, 4.69) is 15.9 Å². The van der Waals surface area contributed by atoms with Crippen LogP contribution in [-0.4, -0.2) is 0 Å². The lowest BCUT2D eigenvalue weighted by Crippen LogP contribution is -2.05. The largest absolute Gasteiger partial charge is 0.324 e. The van der Waals surface area contributed by atoms with Gasteiger partial charge in [-0.05, 0) is 36.1 Å². The van der Waals surface area contributed by atoms with E-state index in [1.807, 2.05) is 12.1 Å². The maximum absolute atomic E-state index is 6.03. The van der Waals surface area contributed by atoms with E-state index in [4.69, 9.17) is 17.3 Å². The first-order chi connectivity index (χ1) is 5.70. The van der Waals surface area contributed by atoms with Crippen LogP contribution >= 0.6 is 27.5 Å². The number of fused-ring (bicyclic) bond motifs is 1. The van der Waals surface area contributed by atoms with Crippen molar-refractivity contribution in [3.63, 3.8) is 0 Å². The minimum Gasteiger partial charge on any atom is -0.324 e. The van der Waals surface area contributed by atoms with E-state index in [-0.39, 0.29) is 6.04 Å². The predicted molar refractivity (Wildman–Crippen MR) is 54.4 cm³/mol. The Kier molecular flexibility index (Phi) is 2.15. The summed E-state index contributed by atoms with van der Waals surface area (Å²) in [5, 5.41) is 0.848. The lowest BCUT2D eigenvalue weighted by Gasteiger charge is -2.07. The van der Waals surface area contributed by atoms with Crippen LogP contribution in [0.15, 0.2) is 16.6 Å². The molecular weight excluding hydrogens is 237 g/mol. The second-order valence-electron chi connectivity index (χ2n) is 3.07. The normalized spacial score (nSPS) is 21.1. The summed E-state index contributed by atoms with van der Waals surface area (Å²) in [4.78, 5) is 0. The third-order valence-corrected chi connectivity index (χ3v) is 3.37. The van der Waals surface area contributed by atoms with Gasteiger partial charge >= 0.3 is 0 Å². The van der Waals surface area contributed by atoms with Crippen LogP contribution in [0.3, 0.4) is 0 Å². The summed E-state index contributed by atoms with van der Waals surface area (Å²) in [6.07, 6.45) is 2.02. The van der Waals surface area contributed by atoms with Crippen molar-refractivity contribution >= 4 is 27.5 Å². The average molecular weight is 247 g/mol. The van der Waals surface area contributed by atoms with Crippen LogP contribution in [0.1, 0.15) is 23.6 Å². The van der Waals surface area contributed by atoms with Crippen LogP contribution in [0.5, 0.6) is 0 Å². The molecule has 0 aromatic heterocycles. The Balaban J connectivity index is 2.64. The van der Waals surface area contributed by atoms with Crippen LogP contribution in [-0.2, 0) is 6.42 Å². The molecule has 0 heterocycles. The maximum atomic E-state index is 6.03. The summed E-state index contributed by atoms with van der Waals surface area (Å²) >= 11 is 9.51. The summed E-state index contributed by atoms with van der Waals surface area (Å²) < 4.78 is 1.09.